The fraction of sp³-hybridized carbons (Fsp3) is 0.677. The van der Waals surface area contributed by atoms with Crippen LogP contribution in [-0.4, -0.2) is 66.8 Å². The second-order valence-corrected chi connectivity index (χ2v) is 13.1. The molecule has 1 aliphatic rings. The molecule has 8 nitrogen and oxygen atoms in total. The summed E-state index contributed by atoms with van der Waals surface area (Å²) in [6.07, 6.45) is 2.80. The van der Waals surface area contributed by atoms with Crippen LogP contribution >= 0.6 is 11.3 Å². The zero-order valence-electron chi connectivity index (χ0n) is 25.8. The van der Waals surface area contributed by atoms with Crippen LogP contribution in [0, 0.1) is 26.7 Å². The van der Waals surface area contributed by atoms with E-state index in [1.807, 2.05) is 32.6 Å². The maximum Gasteiger partial charge on any atom is 0.339 e. The van der Waals surface area contributed by atoms with Crippen LogP contribution in [0.3, 0.4) is 0 Å². The zero-order valence-corrected chi connectivity index (χ0v) is 26.7. The minimum Gasteiger partial charge on any atom is -0.481 e. The third-order valence-corrected chi connectivity index (χ3v) is 9.35. The van der Waals surface area contributed by atoms with E-state index >= 15 is 0 Å². The molecule has 1 unspecified atom stereocenters. The number of nitrogens with one attached hydrogen (secondary N) is 1. The van der Waals surface area contributed by atoms with E-state index in [1.165, 1.54) is 17.6 Å². The van der Waals surface area contributed by atoms with Gasteiger partial charge in [0, 0.05) is 40.6 Å². The van der Waals surface area contributed by atoms with Crippen LogP contribution in [0.15, 0.2) is 6.07 Å². The van der Waals surface area contributed by atoms with Gasteiger partial charge in [-0.25, -0.2) is 9.78 Å². The van der Waals surface area contributed by atoms with Crippen LogP contribution in [0.2, 0.25) is 0 Å². The van der Waals surface area contributed by atoms with Crippen molar-refractivity contribution in [1.82, 2.24) is 15.2 Å². The fourth-order valence-corrected chi connectivity index (χ4v) is 7.10. The smallest absolute Gasteiger partial charge is 0.339 e. The first kappa shape index (κ1) is 32.5. The Hall–Kier alpha value is -2.04. The first-order chi connectivity index (χ1) is 18.9. The standard InChI is InChI=1S/C31H49N3O5S/c1-19-17-20(2)33-28(37-8)24(19)18-32-14-10-11-25-26(29(35)38-9)22(4)27(40-25)21(3)23-12-15-34(16-13-23)30(36)39-31(5,6)7/h17,21,23,30,32,36H,10-16,18H2,1-9H3/t21-,30?/m1/s1. The monoisotopic (exact) mass is 575 g/mol. The molecule has 224 valence electrons. The van der Waals surface area contributed by atoms with Gasteiger partial charge in [0.25, 0.3) is 0 Å². The highest BCUT2D eigenvalue weighted by atomic mass is 32.1. The molecule has 9 heteroatoms. The highest BCUT2D eigenvalue weighted by molar-refractivity contribution is 7.12. The summed E-state index contributed by atoms with van der Waals surface area (Å²) in [7, 11) is 3.12. The van der Waals surface area contributed by atoms with Crippen molar-refractivity contribution in [2.24, 2.45) is 5.92 Å². The molecule has 0 radical (unpaired) electrons. The van der Waals surface area contributed by atoms with E-state index in [0.29, 0.717) is 24.3 Å². The number of nitrogens with zero attached hydrogens (tertiary/aromatic N) is 2. The van der Waals surface area contributed by atoms with E-state index in [2.05, 4.69) is 37.1 Å². The number of aromatic nitrogens is 1. The van der Waals surface area contributed by atoms with Gasteiger partial charge < -0.3 is 24.6 Å². The summed E-state index contributed by atoms with van der Waals surface area (Å²) < 4.78 is 16.4. The van der Waals surface area contributed by atoms with Gasteiger partial charge in [0.05, 0.1) is 25.4 Å². The second kappa shape index (κ2) is 14.2. The number of rotatable bonds is 12. The predicted octanol–water partition coefficient (Wildman–Crippen LogP) is 5.49. The lowest BCUT2D eigenvalue weighted by molar-refractivity contribution is -0.243. The lowest BCUT2D eigenvalue weighted by Gasteiger charge is -2.38. The molecule has 40 heavy (non-hydrogen) atoms. The van der Waals surface area contributed by atoms with Crippen molar-refractivity contribution in [1.29, 1.82) is 0 Å². The van der Waals surface area contributed by atoms with E-state index in [-0.39, 0.29) is 5.97 Å². The molecule has 2 aromatic heterocycles. The summed E-state index contributed by atoms with van der Waals surface area (Å²) in [5.74, 6) is 1.23. The average Bonchev–Trinajstić information content (AvgIpc) is 3.23. The number of aliphatic hydroxyl groups excluding tert-OH is 1. The van der Waals surface area contributed by atoms with Crippen LogP contribution in [0.4, 0.5) is 0 Å². The second-order valence-electron chi connectivity index (χ2n) is 11.9. The lowest BCUT2D eigenvalue weighted by atomic mass is 9.83. The molecule has 0 saturated carbocycles. The van der Waals surface area contributed by atoms with Crippen molar-refractivity contribution in [2.45, 2.75) is 98.6 Å². The topological polar surface area (TPSA) is 93.2 Å². The number of carbonyl (C=O) groups is 1. The normalized spacial score (nSPS) is 16.6. The number of hydrogen-bond acceptors (Lipinski definition) is 9. The van der Waals surface area contributed by atoms with Crippen LogP contribution < -0.4 is 10.1 Å². The summed E-state index contributed by atoms with van der Waals surface area (Å²) in [4.78, 5) is 21.7. The number of thiophene rings is 1. The van der Waals surface area contributed by atoms with Crippen molar-refractivity contribution in [3.05, 3.63) is 43.8 Å². The number of hydrogen-bond donors (Lipinski definition) is 2. The highest BCUT2D eigenvalue weighted by Crippen LogP contribution is 2.41. The molecule has 0 bridgehead atoms. The van der Waals surface area contributed by atoms with Crippen molar-refractivity contribution in [3.8, 4) is 5.88 Å². The number of aryl methyl sites for hydroxylation is 3. The highest BCUT2D eigenvalue weighted by Gasteiger charge is 2.32. The minimum atomic E-state index is -0.877. The molecule has 0 spiro atoms. The number of pyridine rings is 1. The molecule has 0 amide bonds. The van der Waals surface area contributed by atoms with Gasteiger partial charge in [-0.05, 0) is 103 Å². The van der Waals surface area contributed by atoms with Crippen molar-refractivity contribution >= 4 is 17.3 Å². The van der Waals surface area contributed by atoms with Crippen molar-refractivity contribution in [2.75, 3.05) is 33.9 Å². The number of likely N-dealkylation sites (tertiary alicyclic amines) is 1. The molecular weight excluding hydrogens is 526 g/mol. The van der Waals surface area contributed by atoms with E-state index in [1.54, 1.807) is 18.4 Å². The quantitative estimate of drug-likeness (QED) is 0.195. The summed E-state index contributed by atoms with van der Waals surface area (Å²) in [6.45, 7) is 17.3. The zero-order chi connectivity index (χ0) is 29.6. The van der Waals surface area contributed by atoms with Gasteiger partial charge in [-0.2, -0.15) is 0 Å². The van der Waals surface area contributed by atoms with Crippen LogP contribution in [0.1, 0.15) is 95.4 Å². The van der Waals surface area contributed by atoms with Crippen LogP contribution in [-0.2, 0) is 22.4 Å². The van der Waals surface area contributed by atoms with Crippen LogP contribution in [0.25, 0.3) is 0 Å². The molecule has 3 heterocycles. The van der Waals surface area contributed by atoms with Crippen molar-refractivity contribution in [3.63, 3.8) is 0 Å². The van der Waals surface area contributed by atoms with Gasteiger partial charge in [0.1, 0.15) is 0 Å². The van der Waals surface area contributed by atoms with E-state index in [9.17, 15) is 9.90 Å². The maximum absolute atomic E-state index is 12.8. The van der Waals surface area contributed by atoms with Crippen molar-refractivity contribution < 1.29 is 24.1 Å². The SMILES string of the molecule is COC(=O)c1c(CCCNCc2c(C)cc(C)nc2OC)sc([C@H](C)C2CCN(C(O)OC(C)(C)C)CC2)c1C. The Morgan fingerprint density at radius 1 is 1.23 bits per heavy atom. The maximum atomic E-state index is 12.8. The van der Waals surface area contributed by atoms with Gasteiger partial charge in [-0.15, -0.1) is 11.3 Å². The van der Waals surface area contributed by atoms with E-state index in [0.717, 1.165) is 72.6 Å². The summed E-state index contributed by atoms with van der Waals surface area (Å²) in [5, 5.41) is 14.0. The number of esters is 1. The Balaban J connectivity index is 1.62. The molecule has 2 aromatic rings. The number of aliphatic hydroxyl groups is 1. The first-order valence-corrected chi connectivity index (χ1v) is 15.2. The Kier molecular flexibility index (Phi) is 11.6. The average molecular weight is 576 g/mol. The fourth-order valence-electron chi connectivity index (χ4n) is 5.62. The molecule has 1 aliphatic heterocycles. The molecule has 0 aromatic carbocycles. The first-order valence-electron chi connectivity index (χ1n) is 14.4. The molecule has 3 rings (SSSR count). The third-order valence-electron chi connectivity index (χ3n) is 7.80. The van der Waals surface area contributed by atoms with Gasteiger partial charge in [0.15, 0.2) is 0 Å². The molecule has 2 N–H and O–H groups in total. The number of ether oxygens (including phenoxy) is 3. The summed E-state index contributed by atoms with van der Waals surface area (Å²) in [6, 6.07) is 2.07. The van der Waals surface area contributed by atoms with Gasteiger partial charge in [-0.1, -0.05) is 6.92 Å². The molecule has 2 atom stereocenters. The van der Waals surface area contributed by atoms with Gasteiger partial charge >= 0.3 is 5.97 Å². The summed E-state index contributed by atoms with van der Waals surface area (Å²) >= 11 is 1.76. The lowest BCUT2D eigenvalue weighted by Crippen LogP contribution is -2.46. The molecule has 1 fully saturated rings. The number of carbonyl (C=O) groups excluding carboxylic acids is 1. The summed E-state index contributed by atoms with van der Waals surface area (Å²) in [5.41, 5.74) is 4.59. The van der Waals surface area contributed by atoms with Gasteiger partial charge in [0.2, 0.25) is 12.3 Å². The van der Waals surface area contributed by atoms with E-state index in [4.69, 9.17) is 14.2 Å². The van der Waals surface area contributed by atoms with E-state index < -0.39 is 12.0 Å². The van der Waals surface area contributed by atoms with Crippen LogP contribution in [0.5, 0.6) is 5.88 Å². The Morgan fingerprint density at radius 2 is 1.90 bits per heavy atom. The largest absolute Gasteiger partial charge is 0.481 e. The number of methoxy groups -OCH3 is 2. The molecule has 1 saturated heterocycles. The predicted molar refractivity (Wildman–Crippen MR) is 160 cm³/mol. The molecular formula is C31H49N3O5S. The Morgan fingerprint density at radius 3 is 2.50 bits per heavy atom. The van der Waals surface area contributed by atoms with Gasteiger partial charge in [-0.3, -0.25) is 4.90 Å². The Labute approximate surface area is 244 Å². The Bertz CT molecular complexity index is 1130. The molecule has 0 aliphatic carbocycles. The minimum absolute atomic E-state index is 0.251. The third kappa shape index (κ3) is 8.26. The number of piperidine rings is 1.